The fourth-order valence-electron chi connectivity index (χ4n) is 3.36. The highest BCUT2D eigenvalue weighted by molar-refractivity contribution is 5.81. The molecular weight excluding hydrogens is 309 g/mol. The van der Waals surface area contributed by atoms with E-state index in [9.17, 15) is 9.18 Å². The molecular formula is C18H20FN3O2. The molecule has 0 spiro atoms. The zero-order chi connectivity index (χ0) is 16.5. The number of carbonyl (C=O) groups excluding carboxylic acids is 1. The minimum atomic E-state index is -0.358. The summed E-state index contributed by atoms with van der Waals surface area (Å²) in [7, 11) is 0. The third kappa shape index (κ3) is 3.18. The van der Waals surface area contributed by atoms with Gasteiger partial charge in [0, 0.05) is 25.4 Å². The number of halogens is 1. The number of amides is 1. The summed E-state index contributed by atoms with van der Waals surface area (Å²) in [5, 5.41) is 3.90. The van der Waals surface area contributed by atoms with E-state index in [2.05, 4.69) is 10.1 Å². The van der Waals surface area contributed by atoms with Crippen molar-refractivity contribution in [2.24, 2.45) is 11.8 Å². The molecule has 1 saturated heterocycles. The van der Waals surface area contributed by atoms with E-state index in [4.69, 9.17) is 4.52 Å². The molecule has 1 atom stereocenters. The fraction of sp³-hybridized carbons (Fsp3) is 0.500. The molecule has 1 saturated carbocycles. The summed E-state index contributed by atoms with van der Waals surface area (Å²) in [5.41, 5.74) is 0.349. The van der Waals surface area contributed by atoms with Crippen LogP contribution in [0.15, 0.2) is 28.8 Å². The van der Waals surface area contributed by atoms with Crippen LogP contribution >= 0.6 is 0 Å². The van der Waals surface area contributed by atoms with Gasteiger partial charge in [-0.2, -0.15) is 4.98 Å². The Balaban J connectivity index is 1.42. The Labute approximate surface area is 139 Å². The lowest BCUT2D eigenvalue weighted by Crippen LogP contribution is -2.41. The Morgan fingerprint density at radius 1 is 1.29 bits per heavy atom. The van der Waals surface area contributed by atoms with Crippen LogP contribution in [0, 0.1) is 17.7 Å². The van der Waals surface area contributed by atoms with Crippen LogP contribution in [0.5, 0.6) is 0 Å². The minimum absolute atomic E-state index is 0.264. The molecule has 5 nitrogen and oxygen atoms in total. The predicted octanol–water partition coefficient (Wildman–Crippen LogP) is 3.07. The average molecular weight is 329 g/mol. The molecule has 2 aromatic rings. The molecule has 1 unspecified atom stereocenters. The first kappa shape index (κ1) is 15.3. The maximum absolute atomic E-state index is 13.8. The van der Waals surface area contributed by atoms with E-state index in [0.29, 0.717) is 29.7 Å². The summed E-state index contributed by atoms with van der Waals surface area (Å²) in [6.07, 6.45) is 4.77. The second kappa shape index (κ2) is 6.34. The molecule has 6 heteroatoms. The number of rotatable bonds is 4. The lowest BCUT2D eigenvalue weighted by atomic mass is 9.94. The van der Waals surface area contributed by atoms with Crippen molar-refractivity contribution in [2.75, 3.05) is 13.1 Å². The number of carbonyl (C=O) groups is 1. The van der Waals surface area contributed by atoms with Gasteiger partial charge < -0.3 is 9.42 Å². The third-order valence-corrected chi connectivity index (χ3v) is 4.80. The van der Waals surface area contributed by atoms with Gasteiger partial charge in [0.05, 0.1) is 5.56 Å². The van der Waals surface area contributed by atoms with E-state index in [1.165, 1.54) is 6.07 Å². The lowest BCUT2D eigenvalue weighted by Gasteiger charge is -2.32. The smallest absolute Gasteiger partial charge is 0.227 e. The maximum atomic E-state index is 13.8. The number of piperidine rings is 1. The summed E-state index contributed by atoms with van der Waals surface area (Å²) < 4.78 is 19.1. The Kier molecular flexibility index (Phi) is 4.04. The molecule has 0 bridgehead atoms. The van der Waals surface area contributed by atoms with Gasteiger partial charge in [0.2, 0.25) is 17.6 Å². The monoisotopic (exact) mass is 329 g/mol. The van der Waals surface area contributed by atoms with Crippen LogP contribution in [0.2, 0.25) is 0 Å². The van der Waals surface area contributed by atoms with Crippen LogP contribution < -0.4 is 0 Å². The van der Waals surface area contributed by atoms with Gasteiger partial charge in [-0.1, -0.05) is 17.3 Å². The molecule has 1 aromatic carbocycles. The summed E-state index contributed by atoms with van der Waals surface area (Å²) >= 11 is 0. The zero-order valence-electron chi connectivity index (χ0n) is 13.4. The molecule has 126 valence electrons. The fourth-order valence-corrected chi connectivity index (χ4v) is 3.36. The molecule has 0 N–H and O–H groups in total. The Morgan fingerprint density at radius 2 is 2.12 bits per heavy atom. The van der Waals surface area contributed by atoms with Crippen molar-refractivity contribution in [2.45, 2.75) is 32.1 Å². The standard InChI is InChI=1S/C18H20FN3O2/c19-15-6-2-1-5-14(15)17-20-16(24-21-17)10-12-4-3-9-22(11-12)18(23)13-7-8-13/h1-2,5-6,12-13H,3-4,7-11H2. The van der Waals surface area contributed by atoms with Gasteiger partial charge in [-0.15, -0.1) is 0 Å². The number of nitrogens with zero attached hydrogens (tertiary/aromatic N) is 3. The highest BCUT2D eigenvalue weighted by atomic mass is 19.1. The predicted molar refractivity (Wildman–Crippen MR) is 85.4 cm³/mol. The number of benzene rings is 1. The summed E-state index contributed by atoms with van der Waals surface area (Å²) in [6.45, 7) is 1.61. The second-order valence-corrected chi connectivity index (χ2v) is 6.76. The van der Waals surface area contributed by atoms with E-state index in [0.717, 1.165) is 38.8 Å². The molecule has 1 amide bonds. The van der Waals surface area contributed by atoms with E-state index in [1.54, 1.807) is 18.2 Å². The molecule has 2 fully saturated rings. The summed E-state index contributed by atoms with van der Waals surface area (Å²) in [5.74, 6) is 1.33. The Bertz CT molecular complexity index is 741. The van der Waals surface area contributed by atoms with Gasteiger partial charge in [-0.3, -0.25) is 4.79 Å². The van der Waals surface area contributed by atoms with Crippen LogP contribution in [-0.2, 0) is 11.2 Å². The van der Waals surface area contributed by atoms with Crippen LogP contribution in [-0.4, -0.2) is 34.0 Å². The van der Waals surface area contributed by atoms with Gasteiger partial charge in [0.1, 0.15) is 5.82 Å². The van der Waals surface area contributed by atoms with E-state index in [1.807, 2.05) is 4.90 Å². The Morgan fingerprint density at radius 3 is 2.92 bits per heavy atom. The maximum Gasteiger partial charge on any atom is 0.227 e. The first-order chi connectivity index (χ1) is 11.7. The van der Waals surface area contributed by atoms with E-state index in [-0.39, 0.29) is 17.6 Å². The van der Waals surface area contributed by atoms with Crippen molar-refractivity contribution in [1.82, 2.24) is 15.0 Å². The van der Waals surface area contributed by atoms with Crippen LogP contribution in [0.1, 0.15) is 31.6 Å². The highest BCUT2D eigenvalue weighted by Gasteiger charge is 2.35. The summed E-state index contributed by atoms with van der Waals surface area (Å²) in [6, 6.07) is 6.40. The molecule has 4 rings (SSSR count). The minimum Gasteiger partial charge on any atom is -0.342 e. The SMILES string of the molecule is O=C(C1CC1)N1CCCC(Cc2nc(-c3ccccc3F)no2)C1. The first-order valence-corrected chi connectivity index (χ1v) is 8.57. The molecule has 24 heavy (non-hydrogen) atoms. The number of hydrogen-bond acceptors (Lipinski definition) is 4. The van der Waals surface area contributed by atoms with Crippen LogP contribution in [0.3, 0.4) is 0 Å². The van der Waals surface area contributed by atoms with Crippen molar-refractivity contribution in [1.29, 1.82) is 0 Å². The van der Waals surface area contributed by atoms with E-state index >= 15 is 0 Å². The van der Waals surface area contributed by atoms with Gasteiger partial charge >= 0.3 is 0 Å². The largest absolute Gasteiger partial charge is 0.342 e. The molecule has 1 aliphatic heterocycles. The molecule has 2 aliphatic rings. The molecule has 2 heterocycles. The quantitative estimate of drug-likeness (QED) is 0.865. The van der Waals surface area contributed by atoms with Gasteiger partial charge in [-0.25, -0.2) is 4.39 Å². The number of aromatic nitrogens is 2. The van der Waals surface area contributed by atoms with Gasteiger partial charge in [0.15, 0.2) is 0 Å². The van der Waals surface area contributed by atoms with Crippen molar-refractivity contribution >= 4 is 5.91 Å². The number of hydrogen-bond donors (Lipinski definition) is 0. The zero-order valence-corrected chi connectivity index (χ0v) is 13.4. The topological polar surface area (TPSA) is 59.2 Å². The normalized spacial score (nSPS) is 21.0. The molecule has 1 aliphatic carbocycles. The number of likely N-dealkylation sites (tertiary alicyclic amines) is 1. The first-order valence-electron chi connectivity index (χ1n) is 8.57. The molecule has 0 radical (unpaired) electrons. The van der Waals surface area contributed by atoms with Gasteiger partial charge in [0.25, 0.3) is 0 Å². The van der Waals surface area contributed by atoms with Crippen molar-refractivity contribution in [3.8, 4) is 11.4 Å². The van der Waals surface area contributed by atoms with Crippen molar-refractivity contribution in [3.05, 3.63) is 36.0 Å². The highest BCUT2D eigenvalue weighted by Crippen LogP contribution is 2.33. The summed E-state index contributed by atoms with van der Waals surface area (Å²) in [4.78, 5) is 18.5. The lowest BCUT2D eigenvalue weighted by molar-refractivity contribution is -0.134. The van der Waals surface area contributed by atoms with Gasteiger partial charge in [-0.05, 0) is 43.7 Å². The van der Waals surface area contributed by atoms with Crippen molar-refractivity contribution < 1.29 is 13.7 Å². The van der Waals surface area contributed by atoms with E-state index < -0.39 is 0 Å². The molecule has 1 aromatic heterocycles. The third-order valence-electron chi connectivity index (χ3n) is 4.80. The van der Waals surface area contributed by atoms with Crippen molar-refractivity contribution in [3.63, 3.8) is 0 Å². The average Bonchev–Trinajstić information content (AvgIpc) is 3.35. The Hall–Kier alpha value is -2.24. The van der Waals surface area contributed by atoms with Crippen LogP contribution in [0.25, 0.3) is 11.4 Å². The van der Waals surface area contributed by atoms with Crippen LogP contribution in [0.4, 0.5) is 4.39 Å². The second-order valence-electron chi connectivity index (χ2n) is 6.76.